The molecule has 0 aliphatic heterocycles. The zero-order valence-electron chi connectivity index (χ0n) is 11.0. The van der Waals surface area contributed by atoms with Crippen molar-refractivity contribution in [2.24, 2.45) is 0 Å². The second-order valence-corrected chi connectivity index (χ2v) is 4.86. The zero-order chi connectivity index (χ0) is 13.8. The number of nitrogens with zero attached hydrogens (tertiary/aromatic N) is 2. The van der Waals surface area contributed by atoms with Crippen molar-refractivity contribution in [1.82, 2.24) is 15.1 Å². The summed E-state index contributed by atoms with van der Waals surface area (Å²) in [5.41, 5.74) is 1.51. The number of aromatic nitrogens is 2. The number of hydrogen-bond acceptors (Lipinski definition) is 2. The third kappa shape index (κ3) is 3.14. The summed E-state index contributed by atoms with van der Waals surface area (Å²) in [5, 5.41) is 7.79. The van der Waals surface area contributed by atoms with Crippen LogP contribution < -0.4 is 5.32 Å². The predicted octanol–water partition coefficient (Wildman–Crippen LogP) is 3.39. The highest BCUT2D eigenvalue weighted by Gasteiger charge is 2.17. The molecule has 0 saturated heterocycles. The second-order valence-electron chi connectivity index (χ2n) is 4.42. The minimum atomic E-state index is -0.310. The molecule has 0 saturated carbocycles. The van der Waals surface area contributed by atoms with Gasteiger partial charge in [-0.15, -0.1) is 0 Å². The Bertz CT molecular complexity index is 553. The van der Waals surface area contributed by atoms with E-state index in [4.69, 9.17) is 11.6 Å². The van der Waals surface area contributed by atoms with Gasteiger partial charge in [-0.05, 0) is 25.6 Å². The third-order valence-corrected chi connectivity index (χ3v) is 3.24. The number of hydrogen-bond donors (Lipinski definition) is 1. The molecule has 0 aliphatic rings. The molecule has 0 radical (unpaired) electrons. The Morgan fingerprint density at radius 1 is 1.47 bits per heavy atom. The van der Waals surface area contributed by atoms with E-state index in [0.717, 1.165) is 18.5 Å². The van der Waals surface area contributed by atoms with E-state index in [1.807, 2.05) is 10.9 Å². The molecule has 1 heterocycles. The fraction of sp³-hybridized carbons (Fsp3) is 0.357. The Kier molecular flexibility index (Phi) is 4.56. The van der Waals surface area contributed by atoms with E-state index in [9.17, 15) is 4.39 Å². The van der Waals surface area contributed by atoms with Gasteiger partial charge in [-0.3, -0.25) is 4.68 Å². The maximum Gasteiger partial charge on any atom is 0.129 e. The second kappa shape index (κ2) is 6.17. The maximum atomic E-state index is 14.0. The first kappa shape index (κ1) is 14.0. The van der Waals surface area contributed by atoms with Crippen molar-refractivity contribution in [2.75, 3.05) is 7.05 Å². The van der Waals surface area contributed by atoms with Crippen molar-refractivity contribution < 1.29 is 4.39 Å². The van der Waals surface area contributed by atoms with Gasteiger partial charge in [0, 0.05) is 28.9 Å². The topological polar surface area (TPSA) is 29.9 Å². The highest BCUT2D eigenvalue weighted by Crippen LogP contribution is 2.25. The molecule has 2 rings (SSSR count). The molecule has 1 N–H and O–H groups in total. The van der Waals surface area contributed by atoms with Gasteiger partial charge in [0.05, 0.1) is 12.2 Å². The monoisotopic (exact) mass is 281 g/mol. The Morgan fingerprint density at radius 3 is 2.89 bits per heavy atom. The van der Waals surface area contributed by atoms with Gasteiger partial charge in [0.25, 0.3) is 0 Å². The molecule has 0 amide bonds. The van der Waals surface area contributed by atoms with Gasteiger partial charge in [0.2, 0.25) is 0 Å². The first-order chi connectivity index (χ1) is 9.15. The smallest absolute Gasteiger partial charge is 0.129 e. The first-order valence-electron chi connectivity index (χ1n) is 6.30. The molecule has 1 unspecified atom stereocenters. The van der Waals surface area contributed by atoms with Crippen molar-refractivity contribution in [3.05, 3.63) is 52.6 Å². The largest absolute Gasteiger partial charge is 0.309 e. The molecule has 3 nitrogen and oxygen atoms in total. The number of rotatable bonds is 5. The van der Waals surface area contributed by atoms with Crippen LogP contribution in [0.3, 0.4) is 0 Å². The molecular formula is C14H17ClFN3. The lowest BCUT2D eigenvalue weighted by molar-refractivity contribution is 0.574. The van der Waals surface area contributed by atoms with Crippen LogP contribution in [-0.4, -0.2) is 16.8 Å². The highest BCUT2D eigenvalue weighted by molar-refractivity contribution is 6.30. The van der Waals surface area contributed by atoms with Gasteiger partial charge in [0.15, 0.2) is 0 Å². The van der Waals surface area contributed by atoms with Gasteiger partial charge in [-0.2, -0.15) is 5.10 Å². The summed E-state index contributed by atoms with van der Waals surface area (Å²) in [5.74, 6) is -0.310. The average molecular weight is 282 g/mol. The Hall–Kier alpha value is -1.39. The minimum absolute atomic E-state index is 0.220. The lowest BCUT2D eigenvalue weighted by Gasteiger charge is -2.15. The Labute approximate surface area is 117 Å². The van der Waals surface area contributed by atoms with E-state index in [1.54, 1.807) is 25.4 Å². The number of aryl methyl sites for hydroxylation is 1. The van der Waals surface area contributed by atoms with E-state index in [2.05, 4.69) is 17.3 Å². The lowest BCUT2D eigenvalue weighted by atomic mass is 10.0. The fourth-order valence-corrected chi connectivity index (χ4v) is 2.28. The number of halogens is 2. The standard InChI is InChI=1S/C14H17ClFN3/c1-3-6-19-9-10(8-18-19)14(17-2)12-5-4-11(15)7-13(12)16/h4-5,7-9,14,17H,3,6H2,1-2H3. The van der Waals surface area contributed by atoms with Gasteiger partial charge in [-0.1, -0.05) is 24.6 Å². The summed E-state index contributed by atoms with van der Waals surface area (Å²) >= 11 is 5.78. The quantitative estimate of drug-likeness (QED) is 0.910. The molecule has 0 aliphatic carbocycles. The molecule has 1 atom stereocenters. The van der Waals surface area contributed by atoms with Crippen LogP contribution in [0.5, 0.6) is 0 Å². The Morgan fingerprint density at radius 2 is 2.26 bits per heavy atom. The van der Waals surface area contributed by atoms with Crippen LogP contribution >= 0.6 is 11.6 Å². The lowest BCUT2D eigenvalue weighted by Crippen LogP contribution is -2.18. The van der Waals surface area contributed by atoms with Crippen LogP contribution in [0.2, 0.25) is 5.02 Å². The van der Waals surface area contributed by atoms with Crippen LogP contribution in [0.25, 0.3) is 0 Å². The van der Waals surface area contributed by atoms with Crippen molar-refractivity contribution in [3.8, 4) is 0 Å². The molecular weight excluding hydrogens is 265 g/mol. The van der Waals surface area contributed by atoms with Crippen molar-refractivity contribution in [1.29, 1.82) is 0 Å². The van der Waals surface area contributed by atoms with Gasteiger partial charge < -0.3 is 5.32 Å². The van der Waals surface area contributed by atoms with E-state index in [0.29, 0.717) is 10.6 Å². The molecule has 2 aromatic rings. The van der Waals surface area contributed by atoms with Crippen molar-refractivity contribution in [2.45, 2.75) is 25.9 Å². The summed E-state index contributed by atoms with van der Waals surface area (Å²) in [4.78, 5) is 0. The van der Waals surface area contributed by atoms with E-state index >= 15 is 0 Å². The summed E-state index contributed by atoms with van der Waals surface area (Å²) in [6.45, 7) is 2.95. The van der Waals surface area contributed by atoms with Gasteiger partial charge in [-0.25, -0.2) is 4.39 Å². The minimum Gasteiger partial charge on any atom is -0.309 e. The molecule has 1 aromatic heterocycles. The fourth-order valence-electron chi connectivity index (χ4n) is 2.12. The molecule has 0 spiro atoms. The molecule has 1 aromatic carbocycles. The SMILES string of the molecule is CCCn1cc(C(NC)c2ccc(Cl)cc2F)cn1. The third-order valence-electron chi connectivity index (χ3n) is 3.00. The number of benzene rings is 1. The van der Waals surface area contributed by atoms with Gasteiger partial charge >= 0.3 is 0 Å². The predicted molar refractivity (Wildman–Crippen MR) is 74.8 cm³/mol. The molecule has 5 heteroatoms. The molecule has 0 fully saturated rings. The summed E-state index contributed by atoms with van der Waals surface area (Å²) in [6, 6.07) is 4.51. The van der Waals surface area contributed by atoms with E-state index < -0.39 is 0 Å². The molecule has 102 valence electrons. The van der Waals surface area contributed by atoms with Crippen LogP contribution in [0.4, 0.5) is 4.39 Å². The average Bonchev–Trinajstić information content (AvgIpc) is 2.82. The normalized spacial score (nSPS) is 12.6. The van der Waals surface area contributed by atoms with Crippen molar-refractivity contribution in [3.63, 3.8) is 0 Å². The number of nitrogens with one attached hydrogen (secondary N) is 1. The van der Waals surface area contributed by atoms with Crippen LogP contribution in [0, 0.1) is 5.82 Å². The maximum absolute atomic E-state index is 14.0. The summed E-state index contributed by atoms with van der Waals surface area (Å²) < 4.78 is 15.8. The Balaban J connectivity index is 2.32. The van der Waals surface area contributed by atoms with Crippen LogP contribution in [0.15, 0.2) is 30.6 Å². The molecule has 19 heavy (non-hydrogen) atoms. The van der Waals surface area contributed by atoms with Crippen LogP contribution in [-0.2, 0) is 6.54 Å². The highest BCUT2D eigenvalue weighted by atomic mass is 35.5. The van der Waals surface area contributed by atoms with Crippen LogP contribution in [0.1, 0.15) is 30.5 Å². The van der Waals surface area contributed by atoms with Crippen molar-refractivity contribution >= 4 is 11.6 Å². The first-order valence-corrected chi connectivity index (χ1v) is 6.68. The van der Waals surface area contributed by atoms with Gasteiger partial charge in [0.1, 0.15) is 5.82 Å². The summed E-state index contributed by atoms with van der Waals surface area (Å²) in [6.07, 6.45) is 4.73. The van der Waals surface area contributed by atoms with E-state index in [1.165, 1.54) is 6.07 Å². The molecule has 0 bridgehead atoms. The van der Waals surface area contributed by atoms with E-state index in [-0.39, 0.29) is 11.9 Å². The zero-order valence-corrected chi connectivity index (χ0v) is 11.8. The summed E-state index contributed by atoms with van der Waals surface area (Å²) in [7, 11) is 1.80.